The number of carbonyl (C=O) groups is 1. The van der Waals surface area contributed by atoms with Crippen molar-refractivity contribution >= 4 is 5.91 Å². The Hall–Kier alpha value is -1.36. The zero-order chi connectivity index (χ0) is 12.4. The summed E-state index contributed by atoms with van der Waals surface area (Å²) >= 11 is 0. The second kappa shape index (κ2) is 4.87. The molecule has 0 aromatic carbocycles. The highest BCUT2D eigenvalue weighted by Crippen LogP contribution is 2.20. The smallest absolute Gasteiger partial charge is 0.289 e. The van der Waals surface area contributed by atoms with E-state index in [1.807, 2.05) is 18.9 Å². The molecule has 2 heterocycles. The highest BCUT2D eigenvalue weighted by atomic mass is 16.2. The molecular formula is C12H20N4O. The third-order valence-corrected chi connectivity index (χ3v) is 3.58. The van der Waals surface area contributed by atoms with E-state index in [4.69, 9.17) is 5.73 Å². The van der Waals surface area contributed by atoms with E-state index in [1.165, 1.54) is 0 Å². The highest BCUT2D eigenvalue weighted by Gasteiger charge is 2.26. The second-order valence-electron chi connectivity index (χ2n) is 4.85. The number of hydrogen-bond acceptors (Lipinski definition) is 3. The molecule has 2 N–H and O–H groups in total. The van der Waals surface area contributed by atoms with E-state index in [-0.39, 0.29) is 11.9 Å². The van der Waals surface area contributed by atoms with Crippen LogP contribution in [0.2, 0.25) is 0 Å². The first-order chi connectivity index (χ1) is 8.09. The molecule has 1 aliphatic rings. The number of hydrogen-bond donors (Lipinski definition) is 1. The lowest BCUT2D eigenvalue weighted by molar-refractivity contribution is 0.0665. The maximum absolute atomic E-state index is 12.2. The van der Waals surface area contributed by atoms with E-state index in [9.17, 15) is 4.79 Å². The maximum atomic E-state index is 12.2. The van der Waals surface area contributed by atoms with Crippen LogP contribution in [0, 0.1) is 5.92 Å². The predicted molar refractivity (Wildman–Crippen MR) is 65.5 cm³/mol. The Labute approximate surface area is 102 Å². The summed E-state index contributed by atoms with van der Waals surface area (Å²) in [6.07, 6.45) is 5.44. The Kier molecular flexibility index (Phi) is 3.47. The molecule has 1 atom stereocenters. The minimum atomic E-state index is 0.0284. The number of imidazole rings is 1. The monoisotopic (exact) mass is 236 g/mol. The van der Waals surface area contributed by atoms with Crippen LogP contribution < -0.4 is 5.73 Å². The number of aryl methyl sites for hydroxylation is 1. The van der Waals surface area contributed by atoms with Crippen molar-refractivity contribution < 1.29 is 4.79 Å². The van der Waals surface area contributed by atoms with Crippen LogP contribution in [0.4, 0.5) is 0 Å². The quantitative estimate of drug-likeness (QED) is 0.818. The molecule has 5 heteroatoms. The average Bonchev–Trinajstić information content (AvgIpc) is 2.74. The molecule has 1 aliphatic heterocycles. The van der Waals surface area contributed by atoms with Crippen molar-refractivity contribution in [3.8, 4) is 0 Å². The van der Waals surface area contributed by atoms with Gasteiger partial charge >= 0.3 is 0 Å². The number of nitrogens with two attached hydrogens (primary N) is 1. The molecule has 0 aliphatic carbocycles. The normalized spacial score (nSPS) is 19.4. The lowest BCUT2D eigenvalue weighted by atomic mass is 9.91. The Morgan fingerprint density at radius 2 is 2.18 bits per heavy atom. The van der Waals surface area contributed by atoms with E-state index < -0.39 is 0 Å². The fourth-order valence-corrected chi connectivity index (χ4v) is 2.34. The van der Waals surface area contributed by atoms with Crippen molar-refractivity contribution in [1.82, 2.24) is 14.5 Å². The van der Waals surface area contributed by atoms with Crippen LogP contribution in [0.15, 0.2) is 12.4 Å². The fourth-order valence-electron chi connectivity index (χ4n) is 2.34. The van der Waals surface area contributed by atoms with Crippen molar-refractivity contribution in [2.75, 3.05) is 13.1 Å². The Balaban J connectivity index is 1.98. The van der Waals surface area contributed by atoms with E-state index in [2.05, 4.69) is 4.98 Å². The van der Waals surface area contributed by atoms with E-state index in [0.717, 1.165) is 25.9 Å². The van der Waals surface area contributed by atoms with Crippen LogP contribution in [-0.4, -0.2) is 39.5 Å². The molecule has 1 aromatic heterocycles. The zero-order valence-corrected chi connectivity index (χ0v) is 10.5. The van der Waals surface area contributed by atoms with Crippen LogP contribution >= 0.6 is 0 Å². The Morgan fingerprint density at radius 1 is 1.53 bits per heavy atom. The number of amides is 1. The van der Waals surface area contributed by atoms with E-state index in [0.29, 0.717) is 11.7 Å². The van der Waals surface area contributed by atoms with Crippen molar-refractivity contribution in [2.45, 2.75) is 25.8 Å². The van der Waals surface area contributed by atoms with Gasteiger partial charge in [0, 0.05) is 38.6 Å². The largest absolute Gasteiger partial charge is 0.336 e. The molecule has 1 saturated heterocycles. The molecule has 1 aromatic rings. The molecular weight excluding hydrogens is 216 g/mol. The van der Waals surface area contributed by atoms with Gasteiger partial charge in [0.25, 0.3) is 5.91 Å². The molecule has 1 fully saturated rings. The van der Waals surface area contributed by atoms with Gasteiger partial charge in [0.2, 0.25) is 0 Å². The predicted octanol–water partition coefficient (Wildman–Crippen LogP) is 0.619. The van der Waals surface area contributed by atoms with Gasteiger partial charge in [0.15, 0.2) is 5.82 Å². The van der Waals surface area contributed by atoms with Gasteiger partial charge < -0.3 is 15.2 Å². The number of carbonyl (C=O) groups excluding carboxylic acids is 1. The van der Waals surface area contributed by atoms with E-state index in [1.54, 1.807) is 17.0 Å². The lowest BCUT2D eigenvalue weighted by Crippen LogP contribution is -2.43. The fraction of sp³-hybridized carbons (Fsp3) is 0.667. The van der Waals surface area contributed by atoms with Gasteiger partial charge in [-0.05, 0) is 25.7 Å². The van der Waals surface area contributed by atoms with Crippen LogP contribution in [0.3, 0.4) is 0 Å². The van der Waals surface area contributed by atoms with Gasteiger partial charge in [-0.2, -0.15) is 0 Å². The molecule has 0 saturated carbocycles. The first-order valence-electron chi connectivity index (χ1n) is 6.11. The molecule has 0 bridgehead atoms. The summed E-state index contributed by atoms with van der Waals surface area (Å²) in [7, 11) is 1.84. The topological polar surface area (TPSA) is 64.2 Å². The number of likely N-dealkylation sites (tertiary alicyclic amines) is 1. The van der Waals surface area contributed by atoms with Crippen molar-refractivity contribution in [3.63, 3.8) is 0 Å². The molecule has 1 unspecified atom stereocenters. The highest BCUT2D eigenvalue weighted by molar-refractivity contribution is 5.90. The van der Waals surface area contributed by atoms with Gasteiger partial charge in [0.05, 0.1) is 0 Å². The van der Waals surface area contributed by atoms with Crippen LogP contribution in [0.5, 0.6) is 0 Å². The second-order valence-corrected chi connectivity index (χ2v) is 4.85. The van der Waals surface area contributed by atoms with Gasteiger partial charge in [-0.1, -0.05) is 0 Å². The molecule has 94 valence electrons. The van der Waals surface area contributed by atoms with Gasteiger partial charge in [0.1, 0.15) is 0 Å². The number of nitrogens with zero attached hydrogens (tertiary/aromatic N) is 3. The summed E-state index contributed by atoms with van der Waals surface area (Å²) in [4.78, 5) is 18.1. The first-order valence-corrected chi connectivity index (χ1v) is 6.11. The van der Waals surface area contributed by atoms with Gasteiger partial charge in [-0.3, -0.25) is 4.79 Å². The average molecular weight is 236 g/mol. The van der Waals surface area contributed by atoms with E-state index >= 15 is 0 Å². The summed E-state index contributed by atoms with van der Waals surface area (Å²) in [5.74, 6) is 1.09. The summed E-state index contributed by atoms with van der Waals surface area (Å²) in [5.41, 5.74) is 5.89. The van der Waals surface area contributed by atoms with Gasteiger partial charge in [-0.15, -0.1) is 0 Å². The standard InChI is InChI=1S/C12H20N4O/c1-9(13)10-3-6-16(7-4-10)12(17)11-14-5-8-15(11)2/h5,8-10H,3-4,6-7,13H2,1-2H3. The minimum Gasteiger partial charge on any atom is -0.336 e. The van der Waals surface area contributed by atoms with Crippen LogP contribution in [-0.2, 0) is 7.05 Å². The van der Waals surface area contributed by atoms with Crippen LogP contribution in [0.25, 0.3) is 0 Å². The molecule has 0 spiro atoms. The zero-order valence-electron chi connectivity index (χ0n) is 10.5. The number of rotatable bonds is 2. The number of aromatic nitrogens is 2. The third-order valence-electron chi connectivity index (χ3n) is 3.58. The third kappa shape index (κ3) is 2.49. The lowest BCUT2D eigenvalue weighted by Gasteiger charge is -2.33. The SMILES string of the molecule is CC(N)C1CCN(C(=O)c2nccn2C)CC1. The summed E-state index contributed by atoms with van der Waals surface area (Å²) in [5, 5.41) is 0. The van der Waals surface area contributed by atoms with Crippen molar-refractivity contribution in [2.24, 2.45) is 18.7 Å². The number of piperidine rings is 1. The summed E-state index contributed by atoms with van der Waals surface area (Å²) in [6, 6.07) is 0.223. The summed E-state index contributed by atoms with van der Waals surface area (Å²) in [6.45, 7) is 3.62. The van der Waals surface area contributed by atoms with Gasteiger partial charge in [-0.25, -0.2) is 4.98 Å². The molecule has 2 rings (SSSR count). The van der Waals surface area contributed by atoms with Crippen molar-refractivity contribution in [3.05, 3.63) is 18.2 Å². The first kappa shape index (κ1) is 12.1. The molecule has 0 radical (unpaired) electrons. The van der Waals surface area contributed by atoms with Crippen molar-refractivity contribution in [1.29, 1.82) is 0 Å². The Bertz CT molecular complexity index is 391. The summed E-state index contributed by atoms with van der Waals surface area (Å²) < 4.78 is 1.76. The molecule has 17 heavy (non-hydrogen) atoms. The molecule has 5 nitrogen and oxygen atoms in total. The molecule has 1 amide bonds. The maximum Gasteiger partial charge on any atom is 0.289 e. The minimum absolute atomic E-state index is 0.0284. The van der Waals surface area contributed by atoms with Crippen LogP contribution in [0.1, 0.15) is 30.4 Å². The Morgan fingerprint density at radius 3 is 2.65 bits per heavy atom.